The van der Waals surface area contributed by atoms with Gasteiger partial charge in [0, 0.05) is 13.1 Å². The predicted molar refractivity (Wildman–Crippen MR) is 98.1 cm³/mol. The zero-order chi connectivity index (χ0) is 19.8. The number of urea groups is 1. The molecule has 2 aliphatic heterocycles. The molecule has 0 aliphatic carbocycles. The molecule has 3 rings (SSSR count). The minimum Gasteiger partial charge on any atom is -0.341 e. The van der Waals surface area contributed by atoms with Gasteiger partial charge in [0.1, 0.15) is 17.9 Å². The van der Waals surface area contributed by atoms with Crippen LogP contribution in [0.4, 0.5) is 9.18 Å². The van der Waals surface area contributed by atoms with E-state index in [1.54, 1.807) is 11.8 Å². The van der Waals surface area contributed by atoms with Crippen LogP contribution in [0.2, 0.25) is 0 Å². The topological polar surface area (TPSA) is 69.7 Å². The lowest BCUT2D eigenvalue weighted by atomic mass is 9.87. The first-order valence-corrected chi connectivity index (χ1v) is 9.44. The smallest absolute Gasteiger partial charge is 0.325 e. The average Bonchev–Trinajstić information content (AvgIpc) is 2.86. The maximum Gasteiger partial charge on any atom is 0.325 e. The standard InChI is InChI=1S/C20H26FN3O3/c1-4-20(15-5-7-16(21)8-6-15)18(26)24(19(27)22-20)12-17(25)23-10-13(2)9-14(3)11-23/h5-8,13-14H,4,9-12H2,1-3H3,(H,22,27)/t13-,14-,20-/m0/s1. The Kier molecular flexibility index (Phi) is 5.22. The minimum absolute atomic E-state index is 0.220. The lowest BCUT2D eigenvalue weighted by molar-refractivity contribution is -0.140. The molecule has 146 valence electrons. The molecule has 3 atom stereocenters. The van der Waals surface area contributed by atoms with Crippen molar-refractivity contribution in [3.05, 3.63) is 35.6 Å². The number of carbonyl (C=O) groups excluding carboxylic acids is 3. The molecule has 6 nitrogen and oxygen atoms in total. The highest BCUT2D eigenvalue weighted by Crippen LogP contribution is 2.32. The Morgan fingerprint density at radius 3 is 2.33 bits per heavy atom. The number of nitrogens with one attached hydrogen (secondary N) is 1. The highest BCUT2D eigenvalue weighted by molar-refractivity contribution is 6.09. The fourth-order valence-corrected chi connectivity index (χ4v) is 4.25. The van der Waals surface area contributed by atoms with E-state index in [1.165, 1.54) is 24.3 Å². The largest absolute Gasteiger partial charge is 0.341 e. The zero-order valence-electron chi connectivity index (χ0n) is 16.0. The summed E-state index contributed by atoms with van der Waals surface area (Å²) in [6.45, 7) is 6.99. The zero-order valence-corrected chi connectivity index (χ0v) is 16.0. The van der Waals surface area contributed by atoms with Crippen LogP contribution in [0.3, 0.4) is 0 Å². The van der Waals surface area contributed by atoms with Crippen LogP contribution in [-0.2, 0) is 15.1 Å². The summed E-state index contributed by atoms with van der Waals surface area (Å²) in [5, 5.41) is 2.72. The summed E-state index contributed by atoms with van der Waals surface area (Å²) in [5.74, 6) is -0.303. The fourth-order valence-electron chi connectivity index (χ4n) is 4.25. The van der Waals surface area contributed by atoms with Crippen LogP contribution in [0.1, 0.15) is 39.2 Å². The quantitative estimate of drug-likeness (QED) is 0.822. The second-order valence-corrected chi connectivity index (χ2v) is 7.83. The van der Waals surface area contributed by atoms with E-state index < -0.39 is 23.3 Å². The van der Waals surface area contributed by atoms with Crippen LogP contribution in [0.25, 0.3) is 0 Å². The number of hydrogen-bond acceptors (Lipinski definition) is 3. The van der Waals surface area contributed by atoms with Crippen molar-refractivity contribution < 1.29 is 18.8 Å². The first-order valence-electron chi connectivity index (χ1n) is 9.44. The Labute approximate surface area is 158 Å². The summed E-state index contributed by atoms with van der Waals surface area (Å²) >= 11 is 0. The maximum absolute atomic E-state index is 13.3. The number of likely N-dealkylation sites (tertiary alicyclic amines) is 1. The van der Waals surface area contributed by atoms with Crippen molar-refractivity contribution in [3.63, 3.8) is 0 Å². The molecule has 2 fully saturated rings. The van der Waals surface area contributed by atoms with Crippen LogP contribution >= 0.6 is 0 Å². The van der Waals surface area contributed by atoms with Gasteiger partial charge in [-0.2, -0.15) is 0 Å². The van der Waals surface area contributed by atoms with Gasteiger partial charge in [0.2, 0.25) is 5.91 Å². The van der Waals surface area contributed by atoms with E-state index in [1.807, 2.05) is 0 Å². The third-order valence-corrected chi connectivity index (χ3v) is 5.56. The van der Waals surface area contributed by atoms with Gasteiger partial charge in [-0.15, -0.1) is 0 Å². The summed E-state index contributed by atoms with van der Waals surface area (Å²) in [7, 11) is 0. The summed E-state index contributed by atoms with van der Waals surface area (Å²) in [6, 6.07) is 4.93. The lowest BCUT2D eigenvalue weighted by Crippen LogP contribution is -2.49. The number of carbonyl (C=O) groups is 3. The van der Waals surface area contributed by atoms with Gasteiger partial charge < -0.3 is 10.2 Å². The van der Waals surface area contributed by atoms with E-state index in [-0.39, 0.29) is 12.5 Å². The van der Waals surface area contributed by atoms with Crippen molar-refractivity contribution in [2.75, 3.05) is 19.6 Å². The molecule has 0 unspecified atom stereocenters. The van der Waals surface area contributed by atoms with E-state index in [0.717, 1.165) is 11.3 Å². The van der Waals surface area contributed by atoms with Gasteiger partial charge in [0.25, 0.3) is 5.91 Å². The molecule has 0 radical (unpaired) electrons. The van der Waals surface area contributed by atoms with Gasteiger partial charge in [-0.3, -0.25) is 14.5 Å². The first-order chi connectivity index (χ1) is 12.8. The van der Waals surface area contributed by atoms with Gasteiger partial charge in [-0.25, -0.2) is 9.18 Å². The molecular formula is C20H26FN3O3. The molecule has 2 aliphatic rings. The summed E-state index contributed by atoms with van der Waals surface area (Å²) in [6.07, 6.45) is 1.38. The third-order valence-electron chi connectivity index (χ3n) is 5.56. The van der Waals surface area contributed by atoms with Crippen LogP contribution in [0, 0.1) is 17.7 Å². The molecule has 1 N–H and O–H groups in total. The van der Waals surface area contributed by atoms with Crippen molar-refractivity contribution >= 4 is 17.8 Å². The number of halogens is 1. The van der Waals surface area contributed by atoms with E-state index in [4.69, 9.17) is 0 Å². The van der Waals surface area contributed by atoms with E-state index >= 15 is 0 Å². The molecule has 2 saturated heterocycles. The molecular weight excluding hydrogens is 349 g/mol. The summed E-state index contributed by atoms with van der Waals surface area (Å²) in [4.78, 5) is 41.0. The van der Waals surface area contributed by atoms with Gasteiger partial charge in [0.15, 0.2) is 0 Å². The Hall–Kier alpha value is -2.44. The summed E-state index contributed by atoms with van der Waals surface area (Å²) < 4.78 is 13.3. The average molecular weight is 375 g/mol. The van der Waals surface area contributed by atoms with Crippen LogP contribution in [0.15, 0.2) is 24.3 Å². The Morgan fingerprint density at radius 2 is 1.78 bits per heavy atom. The molecule has 4 amide bonds. The number of piperidine rings is 1. The molecule has 1 aromatic carbocycles. The molecule has 27 heavy (non-hydrogen) atoms. The number of nitrogens with zero attached hydrogens (tertiary/aromatic N) is 2. The number of hydrogen-bond donors (Lipinski definition) is 1. The van der Waals surface area contributed by atoms with Crippen LogP contribution < -0.4 is 5.32 Å². The Morgan fingerprint density at radius 1 is 1.19 bits per heavy atom. The lowest BCUT2D eigenvalue weighted by Gasteiger charge is -2.35. The second kappa shape index (κ2) is 7.29. The Bertz CT molecular complexity index is 741. The molecule has 1 aromatic rings. The maximum atomic E-state index is 13.3. The Balaban J connectivity index is 1.79. The van der Waals surface area contributed by atoms with E-state index in [9.17, 15) is 18.8 Å². The highest BCUT2D eigenvalue weighted by atomic mass is 19.1. The van der Waals surface area contributed by atoms with Crippen molar-refractivity contribution in [1.29, 1.82) is 0 Å². The van der Waals surface area contributed by atoms with Crippen molar-refractivity contribution in [3.8, 4) is 0 Å². The molecule has 0 aromatic heterocycles. The normalized spacial score (nSPS) is 28.4. The third kappa shape index (κ3) is 3.55. The number of rotatable bonds is 4. The molecule has 2 heterocycles. The van der Waals surface area contributed by atoms with Gasteiger partial charge in [-0.05, 0) is 42.4 Å². The summed E-state index contributed by atoms with van der Waals surface area (Å²) in [5.41, 5.74) is -0.743. The molecule has 0 saturated carbocycles. The number of imide groups is 1. The minimum atomic E-state index is -1.26. The molecule has 7 heteroatoms. The number of benzene rings is 1. The highest BCUT2D eigenvalue weighted by Gasteiger charge is 2.51. The predicted octanol–water partition coefficient (Wildman–Crippen LogP) is 2.49. The van der Waals surface area contributed by atoms with Gasteiger partial charge in [-0.1, -0.05) is 32.9 Å². The van der Waals surface area contributed by atoms with Crippen molar-refractivity contribution in [2.45, 2.75) is 39.2 Å². The number of amides is 4. The van der Waals surface area contributed by atoms with Crippen molar-refractivity contribution in [1.82, 2.24) is 15.1 Å². The van der Waals surface area contributed by atoms with Crippen LogP contribution in [-0.4, -0.2) is 47.3 Å². The van der Waals surface area contributed by atoms with E-state index in [0.29, 0.717) is 36.9 Å². The first kappa shape index (κ1) is 19.3. The van der Waals surface area contributed by atoms with Crippen LogP contribution in [0.5, 0.6) is 0 Å². The van der Waals surface area contributed by atoms with E-state index in [2.05, 4.69) is 19.2 Å². The van der Waals surface area contributed by atoms with Crippen molar-refractivity contribution in [2.24, 2.45) is 11.8 Å². The van der Waals surface area contributed by atoms with Gasteiger partial charge in [0.05, 0.1) is 0 Å². The molecule has 0 bridgehead atoms. The monoisotopic (exact) mass is 375 g/mol. The fraction of sp³-hybridized carbons (Fsp3) is 0.550. The second-order valence-electron chi connectivity index (χ2n) is 7.83. The van der Waals surface area contributed by atoms with Gasteiger partial charge >= 0.3 is 6.03 Å². The SMILES string of the molecule is CC[C@@]1(c2ccc(F)cc2)NC(=O)N(CC(=O)N2C[C@@H](C)C[C@H](C)C2)C1=O. The molecule has 0 spiro atoms.